The van der Waals surface area contributed by atoms with Gasteiger partial charge in [-0.2, -0.15) is 4.98 Å². The number of rotatable bonds is 2. The van der Waals surface area contributed by atoms with Crippen LogP contribution in [0.1, 0.15) is 19.3 Å². The van der Waals surface area contributed by atoms with Crippen LogP contribution in [0.3, 0.4) is 0 Å². The van der Waals surface area contributed by atoms with Gasteiger partial charge in [0.25, 0.3) is 5.56 Å². The Bertz CT molecular complexity index is 850. The number of aromatic nitrogens is 3. The van der Waals surface area contributed by atoms with E-state index in [9.17, 15) is 4.79 Å². The van der Waals surface area contributed by atoms with Crippen LogP contribution in [0.2, 0.25) is 0 Å². The van der Waals surface area contributed by atoms with Gasteiger partial charge in [-0.25, -0.2) is 4.98 Å². The molecule has 22 heavy (non-hydrogen) atoms. The third kappa shape index (κ3) is 2.29. The summed E-state index contributed by atoms with van der Waals surface area (Å²) in [6, 6.07) is 5.87. The summed E-state index contributed by atoms with van der Waals surface area (Å²) in [5, 5.41) is 2.58. The maximum Gasteiger partial charge on any atom is 0.262 e. The fourth-order valence-electron chi connectivity index (χ4n) is 2.94. The van der Waals surface area contributed by atoms with Crippen molar-refractivity contribution in [1.29, 1.82) is 0 Å². The van der Waals surface area contributed by atoms with Crippen molar-refractivity contribution in [2.45, 2.75) is 19.3 Å². The molecule has 4 rings (SSSR count). The van der Waals surface area contributed by atoms with Crippen LogP contribution >= 0.6 is 11.3 Å². The number of aromatic amines is 1. The minimum atomic E-state index is -0.109. The van der Waals surface area contributed by atoms with Gasteiger partial charge in [-0.1, -0.05) is 6.07 Å². The maximum atomic E-state index is 12.6. The minimum Gasteiger partial charge on any atom is -0.342 e. The molecule has 0 aliphatic carbocycles. The molecular formula is C16H16N4OS. The van der Waals surface area contributed by atoms with Gasteiger partial charge in [0, 0.05) is 29.7 Å². The van der Waals surface area contributed by atoms with Crippen LogP contribution in [0.5, 0.6) is 0 Å². The molecular weight excluding hydrogens is 296 g/mol. The summed E-state index contributed by atoms with van der Waals surface area (Å²) in [6.45, 7) is 1.89. The molecule has 1 aliphatic heterocycles. The second-order valence-electron chi connectivity index (χ2n) is 5.47. The number of fused-ring (bicyclic) bond motifs is 1. The Kier molecular flexibility index (Phi) is 3.38. The second-order valence-corrected chi connectivity index (χ2v) is 6.42. The molecule has 0 bridgehead atoms. The van der Waals surface area contributed by atoms with E-state index in [2.05, 4.69) is 19.9 Å². The van der Waals surface area contributed by atoms with Gasteiger partial charge in [0.05, 0.1) is 5.39 Å². The molecule has 0 unspecified atom stereocenters. The monoisotopic (exact) mass is 312 g/mol. The molecule has 0 saturated carbocycles. The van der Waals surface area contributed by atoms with Crippen LogP contribution in [-0.4, -0.2) is 28.0 Å². The zero-order valence-electron chi connectivity index (χ0n) is 12.1. The van der Waals surface area contributed by atoms with E-state index < -0.39 is 0 Å². The first kappa shape index (κ1) is 13.5. The predicted molar refractivity (Wildman–Crippen MR) is 89.5 cm³/mol. The summed E-state index contributed by atoms with van der Waals surface area (Å²) in [5.41, 5.74) is 1.32. The van der Waals surface area contributed by atoms with Crippen LogP contribution in [0, 0.1) is 0 Å². The molecule has 1 saturated heterocycles. The van der Waals surface area contributed by atoms with Gasteiger partial charge in [-0.3, -0.25) is 9.78 Å². The zero-order valence-corrected chi connectivity index (χ0v) is 12.9. The molecule has 4 heterocycles. The molecule has 0 aromatic carbocycles. The highest BCUT2D eigenvalue weighted by Gasteiger charge is 2.17. The van der Waals surface area contributed by atoms with Crippen molar-refractivity contribution in [3.8, 4) is 10.4 Å². The van der Waals surface area contributed by atoms with Gasteiger partial charge >= 0.3 is 0 Å². The lowest BCUT2D eigenvalue weighted by atomic mass is 10.1. The Morgan fingerprint density at radius 2 is 2.05 bits per heavy atom. The highest BCUT2D eigenvalue weighted by atomic mass is 32.1. The van der Waals surface area contributed by atoms with E-state index in [0.29, 0.717) is 17.0 Å². The Morgan fingerprint density at radius 1 is 1.18 bits per heavy atom. The molecule has 1 aliphatic rings. The number of hydrogen-bond donors (Lipinski definition) is 1. The van der Waals surface area contributed by atoms with Crippen LogP contribution in [0.25, 0.3) is 21.5 Å². The summed E-state index contributed by atoms with van der Waals surface area (Å²) in [7, 11) is 0. The summed E-state index contributed by atoms with van der Waals surface area (Å²) in [4.78, 5) is 27.7. The maximum absolute atomic E-state index is 12.6. The molecule has 0 amide bonds. The number of piperidine rings is 1. The van der Waals surface area contributed by atoms with Crippen LogP contribution in [0.4, 0.5) is 5.95 Å². The van der Waals surface area contributed by atoms with Crippen molar-refractivity contribution >= 4 is 28.3 Å². The van der Waals surface area contributed by atoms with E-state index >= 15 is 0 Å². The van der Waals surface area contributed by atoms with Crippen LogP contribution < -0.4 is 10.5 Å². The number of thiophene rings is 1. The number of anilines is 1. The van der Waals surface area contributed by atoms with Gasteiger partial charge in [0.2, 0.25) is 5.95 Å². The predicted octanol–water partition coefficient (Wildman–Crippen LogP) is 3.04. The van der Waals surface area contributed by atoms with Gasteiger partial charge < -0.3 is 4.90 Å². The fraction of sp³-hybridized carbons (Fsp3) is 0.312. The average molecular weight is 312 g/mol. The molecule has 1 N–H and O–H groups in total. The smallest absolute Gasteiger partial charge is 0.262 e. The van der Waals surface area contributed by atoms with E-state index in [4.69, 9.17) is 0 Å². The topological polar surface area (TPSA) is 61.9 Å². The lowest BCUT2D eigenvalue weighted by Crippen LogP contribution is -2.32. The van der Waals surface area contributed by atoms with Crippen molar-refractivity contribution in [2.24, 2.45) is 0 Å². The Morgan fingerprint density at radius 3 is 2.82 bits per heavy atom. The summed E-state index contributed by atoms with van der Waals surface area (Å²) < 4.78 is 0. The van der Waals surface area contributed by atoms with Crippen molar-refractivity contribution in [1.82, 2.24) is 15.0 Å². The number of pyridine rings is 1. The van der Waals surface area contributed by atoms with Crippen molar-refractivity contribution in [2.75, 3.05) is 18.0 Å². The van der Waals surface area contributed by atoms with Gasteiger partial charge in [0.15, 0.2) is 5.65 Å². The van der Waals surface area contributed by atoms with E-state index in [1.165, 1.54) is 6.42 Å². The highest BCUT2D eigenvalue weighted by Crippen LogP contribution is 2.28. The first-order valence-corrected chi connectivity index (χ1v) is 8.39. The average Bonchev–Trinajstić information content (AvgIpc) is 3.09. The van der Waals surface area contributed by atoms with Crippen molar-refractivity contribution in [3.63, 3.8) is 0 Å². The second kappa shape index (κ2) is 5.53. The summed E-state index contributed by atoms with van der Waals surface area (Å²) in [6.07, 6.45) is 5.26. The van der Waals surface area contributed by atoms with E-state index in [1.54, 1.807) is 17.5 Å². The largest absolute Gasteiger partial charge is 0.342 e. The van der Waals surface area contributed by atoms with E-state index in [-0.39, 0.29) is 5.56 Å². The molecule has 112 valence electrons. The molecule has 6 heteroatoms. The molecule has 0 radical (unpaired) electrons. The summed E-state index contributed by atoms with van der Waals surface area (Å²) in [5.74, 6) is 0.646. The Labute approximate surface area is 131 Å². The minimum absolute atomic E-state index is 0.109. The fourth-order valence-corrected chi connectivity index (χ4v) is 3.70. The first-order valence-electron chi connectivity index (χ1n) is 7.51. The molecule has 0 atom stereocenters. The molecule has 0 spiro atoms. The number of nitrogens with zero attached hydrogens (tertiary/aromatic N) is 3. The quantitative estimate of drug-likeness (QED) is 0.790. The first-order chi connectivity index (χ1) is 10.8. The van der Waals surface area contributed by atoms with Crippen LogP contribution in [0.15, 0.2) is 34.6 Å². The highest BCUT2D eigenvalue weighted by molar-refractivity contribution is 7.13. The lowest BCUT2D eigenvalue weighted by molar-refractivity contribution is 0.568. The van der Waals surface area contributed by atoms with Gasteiger partial charge in [-0.05, 0) is 36.8 Å². The summed E-state index contributed by atoms with van der Waals surface area (Å²) >= 11 is 1.61. The van der Waals surface area contributed by atoms with Crippen molar-refractivity contribution in [3.05, 3.63) is 40.1 Å². The third-order valence-corrected chi connectivity index (χ3v) is 4.94. The SMILES string of the molecule is O=c1[nH]c(N2CCCCC2)nc2nccc(-c3cccs3)c12. The Hall–Kier alpha value is -2.21. The number of H-pyrrole nitrogens is 1. The third-order valence-electron chi connectivity index (χ3n) is 4.04. The number of nitrogens with one attached hydrogen (secondary N) is 1. The Balaban J connectivity index is 1.88. The molecule has 5 nitrogen and oxygen atoms in total. The molecule has 3 aromatic heterocycles. The van der Waals surface area contributed by atoms with Gasteiger partial charge in [-0.15, -0.1) is 11.3 Å². The lowest BCUT2D eigenvalue weighted by Gasteiger charge is -2.27. The van der Waals surface area contributed by atoms with E-state index in [0.717, 1.165) is 36.4 Å². The standard InChI is InChI=1S/C16H16N4OS/c21-15-13-11(12-5-4-10-22-12)6-7-17-14(13)18-16(19-15)20-8-2-1-3-9-20/h4-7,10H,1-3,8-9H2,(H,17,18,19,21). The zero-order chi connectivity index (χ0) is 14.9. The van der Waals surface area contributed by atoms with Gasteiger partial charge in [0.1, 0.15) is 0 Å². The van der Waals surface area contributed by atoms with Crippen LogP contribution in [-0.2, 0) is 0 Å². The molecule has 3 aromatic rings. The normalized spacial score (nSPS) is 15.4. The number of hydrogen-bond acceptors (Lipinski definition) is 5. The molecule has 1 fully saturated rings. The van der Waals surface area contributed by atoms with E-state index in [1.807, 2.05) is 23.6 Å². The van der Waals surface area contributed by atoms with Crippen molar-refractivity contribution < 1.29 is 0 Å².